The Morgan fingerprint density at radius 3 is 2.27 bits per heavy atom. The van der Waals surface area contributed by atoms with E-state index in [2.05, 4.69) is 9.88 Å². The smallest absolute Gasteiger partial charge is 0.320 e. The van der Waals surface area contributed by atoms with Gasteiger partial charge in [0.1, 0.15) is 12.7 Å². The number of nitrogens with one attached hydrogen (secondary N) is 1. The van der Waals surface area contributed by atoms with E-state index in [9.17, 15) is 19.2 Å². The molecule has 9 heteroatoms. The molecule has 6 aromatic rings. The fraction of sp³-hybridized carbons (Fsp3) is 0.209. The molecule has 0 aliphatic heterocycles. The molecule has 0 saturated carbocycles. The van der Waals surface area contributed by atoms with Crippen LogP contribution in [0.5, 0.6) is 0 Å². The zero-order chi connectivity index (χ0) is 36.5. The summed E-state index contributed by atoms with van der Waals surface area (Å²) in [6.45, 7) is 2.28. The number of rotatable bonds is 15. The van der Waals surface area contributed by atoms with Crippen LogP contribution in [0, 0.1) is 5.92 Å². The molecule has 2 amide bonds. The Kier molecular flexibility index (Phi) is 11.4. The molecule has 2 atom stereocenters. The van der Waals surface area contributed by atoms with Gasteiger partial charge in [-0.15, -0.1) is 0 Å². The highest BCUT2D eigenvalue weighted by molar-refractivity contribution is 6.13. The quantitative estimate of drug-likeness (QED) is 0.0842. The van der Waals surface area contributed by atoms with Crippen molar-refractivity contribution < 1.29 is 28.7 Å². The van der Waals surface area contributed by atoms with Crippen LogP contribution in [0.25, 0.3) is 21.7 Å². The summed E-state index contributed by atoms with van der Waals surface area (Å²) in [5.74, 6) is -3.64. The number of hydrogen-bond acceptors (Lipinski definition) is 6. The van der Waals surface area contributed by atoms with Crippen molar-refractivity contribution in [3.8, 4) is 0 Å². The average Bonchev–Trinajstić information content (AvgIpc) is 3.51. The highest BCUT2D eigenvalue weighted by Crippen LogP contribution is 2.26. The van der Waals surface area contributed by atoms with Gasteiger partial charge in [-0.2, -0.15) is 0 Å². The van der Waals surface area contributed by atoms with Gasteiger partial charge in [0, 0.05) is 41.3 Å². The maximum Gasteiger partial charge on any atom is 0.320 e. The first kappa shape index (κ1) is 35.6. The highest BCUT2D eigenvalue weighted by Gasteiger charge is 2.32. The number of ether oxygens (including phenoxy) is 2. The van der Waals surface area contributed by atoms with E-state index in [1.807, 2.05) is 110 Å². The predicted molar refractivity (Wildman–Crippen MR) is 201 cm³/mol. The van der Waals surface area contributed by atoms with E-state index in [0.717, 1.165) is 32.8 Å². The minimum absolute atomic E-state index is 0.180. The Morgan fingerprint density at radius 2 is 1.48 bits per heavy atom. The Labute approximate surface area is 302 Å². The van der Waals surface area contributed by atoms with Crippen LogP contribution in [-0.4, -0.2) is 34.4 Å². The zero-order valence-corrected chi connectivity index (χ0v) is 29.0. The van der Waals surface area contributed by atoms with Crippen LogP contribution in [0.3, 0.4) is 0 Å². The number of aromatic nitrogens is 1. The van der Waals surface area contributed by atoms with E-state index in [1.54, 1.807) is 24.3 Å². The molecule has 0 bridgehead atoms. The topological polar surface area (TPSA) is 130 Å². The number of hydrogen-bond donors (Lipinski definition) is 2. The van der Waals surface area contributed by atoms with Crippen LogP contribution in [0.4, 0.5) is 5.69 Å². The van der Waals surface area contributed by atoms with Crippen molar-refractivity contribution in [3.63, 3.8) is 0 Å². The maximum atomic E-state index is 13.7. The Balaban J connectivity index is 1.13. The van der Waals surface area contributed by atoms with Crippen LogP contribution < -0.4 is 11.1 Å². The van der Waals surface area contributed by atoms with Gasteiger partial charge in [-0.05, 0) is 40.5 Å². The van der Waals surface area contributed by atoms with Crippen LogP contribution in [0.15, 0.2) is 128 Å². The lowest BCUT2D eigenvalue weighted by atomic mass is 10.0. The number of para-hydroxylation sites is 2. The molecule has 1 aromatic heterocycles. The lowest BCUT2D eigenvalue weighted by Crippen LogP contribution is -2.34. The van der Waals surface area contributed by atoms with Crippen molar-refractivity contribution in [2.75, 3.05) is 5.32 Å². The van der Waals surface area contributed by atoms with Gasteiger partial charge < -0.3 is 25.1 Å². The molecule has 3 N–H and O–H groups in total. The first-order valence-corrected chi connectivity index (χ1v) is 17.4. The Morgan fingerprint density at radius 1 is 0.769 bits per heavy atom. The van der Waals surface area contributed by atoms with E-state index < -0.39 is 29.9 Å². The second-order valence-electron chi connectivity index (χ2n) is 12.8. The number of nitrogens with zero attached hydrogens (tertiary/aromatic N) is 1. The number of esters is 2. The largest absolute Gasteiger partial charge is 0.461 e. The molecule has 0 aliphatic carbocycles. The van der Waals surface area contributed by atoms with Gasteiger partial charge in [-0.25, -0.2) is 0 Å². The van der Waals surface area contributed by atoms with Crippen molar-refractivity contribution in [2.45, 2.75) is 51.9 Å². The Hall–Kier alpha value is -6.22. The molecular formula is C43H41N3O6. The first-order chi connectivity index (χ1) is 25.3. The van der Waals surface area contributed by atoms with E-state index >= 15 is 0 Å². The number of fused-ring (bicyclic) bond motifs is 2. The number of carbonyl (C=O) groups is 4. The molecule has 52 heavy (non-hydrogen) atoms. The summed E-state index contributed by atoms with van der Waals surface area (Å²) in [5, 5.41) is 5.89. The number of carbonyl (C=O) groups excluding carboxylic acids is 4. The number of amides is 2. The number of primary amides is 1. The molecule has 0 spiro atoms. The van der Waals surface area contributed by atoms with Crippen molar-refractivity contribution in [2.24, 2.45) is 11.7 Å². The zero-order valence-electron chi connectivity index (χ0n) is 29.0. The average molecular weight is 696 g/mol. The molecule has 0 aliphatic rings. The van der Waals surface area contributed by atoms with Gasteiger partial charge in [-0.1, -0.05) is 123 Å². The monoisotopic (exact) mass is 695 g/mol. The lowest BCUT2D eigenvalue weighted by molar-refractivity contribution is -0.166. The highest BCUT2D eigenvalue weighted by atomic mass is 16.6. The number of nitrogens with two attached hydrogens (primary N) is 1. The van der Waals surface area contributed by atoms with E-state index in [1.165, 1.54) is 0 Å². The SMILES string of the molecule is CCC[C@@H](C(=O)OCc1ccccc1NC(=O)c1cn(Cc2ccccc2)c2ccccc12)C(=O)O[C@H](CC(N)=O)Cc1ccc2ccccc2c1. The van der Waals surface area contributed by atoms with Crippen LogP contribution in [0.2, 0.25) is 0 Å². The first-order valence-electron chi connectivity index (χ1n) is 17.4. The summed E-state index contributed by atoms with van der Waals surface area (Å²) in [6, 6.07) is 38.6. The molecule has 5 aromatic carbocycles. The Bertz CT molecular complexity index is 2210. The number of anilines is 1. The molecule has 264 valence electrons. The fourth-order valence-electron chi connectivity index (χ4n) is 6.42. The molecule has 9 nitrogen and oxygen atoms in total. The molecule has 0 unspecified atom stereocenters. The van der Waals surface area contributed by atoms with Gasteiger partial charge in [0.05, 0.1) is 12.0 Å². The van der Waals surface area contributed by atoms with Crippen LogP contribution in [0.1, 0.15) is 53.2 Å². The van der Waals surface area contributed by atoms with Gasteiger partial charge in [-0.3, -0.25) is 19.2 Å². The van der Waals surface area contributed by atoms with Gasteiger partial charge in [0.2, 0.25) is 5.91 Å². The van der Waals surface area contributed by atoms with Crippen molar-refractivity contribution in [3.05, 3.63) is 150 Å². The van der Waals surface area contributed by atoms with Gasteiger partial charge in [0.15, 0.2) is 5.92 Å². The second kappa shape index (κ2) is 16.7. The van der Waals surface area contributed by atoms with E-state index in [4.69, 9.17) is 15.2 Å². The van der Waals surface area contributed by atoms with Crippen LogP contribution >= 0.6 is 0 Å². The summed E-state index contributed by atoms with van der Waals surface area (Å²) in [6.07, 6.45) is 1.78. The maximum absolute atomic E-state index is 13.7. The van der Waals surface area contributed by atoms with E-state index in [0.29, 0.717) is 29.8 Å². The standard InChI is InChI=1S/C43H41N3O6/c1-2-12-36(43(50)52-34(25-40(44)47)24-30-21-22-31-15-6-7-16-32(31)23-30)42(49)51-28-33-17-8-10-19-38(33)45-41(48)37-27-46(26-29-13-4-3-5-14-29)39-20-11-9-18-35(37)39/h3-11,13-23,27,34,36H,2,12,24-26,28H2,1H3,(H2,44,47)(H,45,48)/t34-,36-/m0/s1. The van der Waals surface area contributed by atoms with Gasteiger partial charge in [0.25, 0.3) is 5.91 Å². The fourth-order valence-corrected chi connectivity index (χ4v) is 6.42. The second-order valence-corrected chi connectivity index (χ2v) is 12.8. The summed E-state index contributed by atoms with van der Waals surface area (Å²) in [5.41, 5.74) is 9.97. The van der Waals surface area contributed by atoms with Crippen molar-refractivity contribution in [1.29, 1.82) is 0 Å². The van der Waals surface area contributed by atoms with Crippen molar-refractivity contribution >= 4 is 51.1 Å². The van der Waals surface area contributed by atoms with Gasteiger partial charge >= 0.3 is 11.9 Å². The number of benzene rings is 5. The summed E-state index contributed by atoms with van der Waals surface area (Å²) in [4.78, 5) is 52.5. The molecule has 6 rings (SSSR count). The van der Waals surface area contributed by atoms with E-state index in [-0.39, 0.29) is 31.8 Å². The molecule has 0 saturated heterocycles. The minimum atomic E-state index is -1.20. The third kappa shape index (κ3) is 8.73. The predicted octanol–water partition coefficient (Wildman–Crippen LogP) is 7.58. The molecule has 1 heterocycles. The minimum Gasteiger partial charge on any atom is -0.461 e. The summed E-state index contributed by atoms with van der Waals surface area (Å²) >= 11 is 0. The van der Waals surface area contributed by atoms with Crippen LogP contribution in [-0.2, 0) is 43.4 Å². The third-order valence-corrected chi connectivity index (χ3v) is 9.00. The normalized spacial score (nSPS) is 12.2. The molecule has 0 radical (unpaired) electrons. The molecular weight excluding hydrogens is 654 g/mol. The summed E-state index contributed by atoms with van der Waals surface area (Å²) < 4.78 is 13.5. The third-order valence-electron chi connectivity index (χ3n) is 9.00. The lowest BCUT2D eigenvalue weighted by Gasteiger charge is -2.21. The summed E-state index contributed by atoms with van der Waals surface area (Å²) in [7, 11) is 0. The molecule has 0 fully saturated rings. The van der Waals surface area contributed by atoms with Crippen molar-refractivity contribution in [1.82, 2.24) is 4.57 Å².